The van der Waals surface area contributed by atoms with Crippen molar-refractivity contribution in [1.29, 1.82) is 0 Å². The van der Waals surface area contributed by atoms with Gasteiger partial charge in [0, 0.05) is 17.7 Å². The smallest absolute Gasteiger partial charge is 0.339 e. The van der Waals surface area contributed by atoms with Gasteiger partial charge in [0.1, 0.15) is 0 Å². The van der Waals surface area contributed by atoms with Crippen LogP contribution in [0, 0.1) is 10.1 Å². The van der Waals surface area contributed by atoms with Gasteiger partial charge in [-0.1, -0.05) is 6.07 Å². The molecule has 1 rings (SSSR count). The van der Waals surface area contributed by atoms with Crippen molar-refractivity contribution in [2.75, 3.05) is 0 Å². The fourth-order valence-electron chi connectivity index (χ4n) is 1.61. The SMILES string of the molecule is CC(OC(=O)c1cccc([N+](=O)[O-])c1)C(=O)NC(=O)NC(C)(C)C. The highest BCUT2D eigenvalue weighted by atomic mass is 16.6. The van der Waals surface area contributed by atoms with Gasteiger partial charge < -0.3 is 10.1 Å². The lowest BCUT2D eigenvalue weighted by Gasteiger charge is -2.21. The summed E-state index contributed by atoms with van der Waals surface area (Å²) in [5.74, 6) is -1.71. The lowest BCUT2D eigenvalue weighted by Crippen LogP contribution is -2.50. The van der Waals surface area contributed by atoms with E-state index < -0.39 is 34.5 Å². The third-order valence-corrected chi connectivity index (χ3v) is 2.67. The van der Waals surface area contributed by atoms with Gasteiger partial charge in [-0.2, -0.15) is 0 Å². The Labute approximate surface area is 138 Å². The average molecular weight is 337 g/mol. The van der Waals surface area contributed by atoms with E-state index in [9.17, 15) is 24.5 Å². The Morgan fingerprint density at radius 2 is 1.88 bits per heavy atom. The van der Waals surface area contributed by atoms with Crippen molar-refractivity contribution in [3.8, 4) is 0 Å². The molecule has 1 aromatic carbocycles. The van der Waals surface area contributed by atoms with Crippen LogP contribution in [0.2, 0.25) is 0 Å². The second kappa shape index (κ2) is 7.53. The maximum Gasteiger partial charge on any atom is 0.339 e. The summed E-state index contributed by atoms with van der Waals surface area (Å²) in [7, 11) is 0. The number of urea groups is 1. The molecule has 2 N–H and O–H groups in total. The fourth-order valence-corrected chi connectivity index (χ4v) is 1.61. The number of imide groups is 1. The van der Waals surface area contributed by atoms with E-state index in [4.69, 9.17) is 4.74 Å². The van der Waals surface area contributed by atoms with Crippen molar-refractivity contribution < 1.29 is 24.0 Å². The number of hydrogen-bond donors (Lipinski definition) is 2. The largest absolute Gasteiger partial charge is 0.449 e. The second-order valence-corrected chi connectivity index (χ2v) is 6.05. The summed E-state index contributed by atoms with van der Waals surface area (Å²) in [5, 5.41) is 15.3. The van der Waals surface area contributed by atoms with E-state index in [1.54, 1.807) is 20.8 Å². The summed E-state index contributed by atoms with van der Waals surface area (Å²) in [5.41, 5.74) is -0.873. The van der Waals surface area contributed by atoms with E-state index in [1.165, 1.54) is 25.1 Å². The second-order valence-electron chi connectivity index (χ2n) is 6.05. The van der Waals surface area contributed by atoms with Crippen LogP contribution in [0.25, 0.3) is 0 Å². The van der Waals surface area contributed by atoms with E-state index >= 15 is 0 Å². The van der Waals surface area contributed by atoms with Crippen LogP contribution in [0.3, 0.4) is 0 Å². The molecule has 0 aromatic heterocycles. The van der Waals surface area contributed by atoms with Gasteiger partial charge in [-0.3, -0.25) is 20.2 Å². The summed E-state index contributed by atoms with van der Waals surface area (Å²) >= 11 is 0. The maximum absolute atomic E-state index is 11.9. The number of esters is 1. The lowest BCUT2D eigenvalue weighted by atomic mass is 10.1. The normalized spacial score (nSPS) is 12.0. The zero-order valence-electron chi connectivity index (χ0n) is 13.8. The molecule has 9 nitrogen and oxygen atoms in total. The van der Waals surface area contributed by atoms with Crippen LogP contribution < -0.4 is 10.6 Å². The highest BCUT2D eigenvalue weighted by molar-refractivity contribution is 5.98. The Kier molecular flexibility index (Phi) is 5.99. The van der Waals surface area contributed by atoms with Crippen molar-refractivity contribution in [3.63, 3.8) is 0 Å². The Bertz CT molecular complexity index is 665. The first-order valence-corrected chi connectivity index (χ1v) is 7.08. The number of carbonyl (C=O) groups is 3. The molecule has 0 saturated heterocycles. The third kappa shape index (κ3) is 6.03. The van der Waals surface area contributed by atoms with Gasteiger partial charge >= 0.3 is 12.0 Å². The van der Waals surface area contributed by atoms with E-state index in [2.05, 4.69) is 5.32 Å². The van der Waals surface area contributed by atoms with Gasteiger partial charge in [-0.05, 0) is 33.8 Å². The van der Waals surface area contributed by atoms with E-state index in [0.717, 1.165) is 6.07 Å². The Morgan fingerprint density at radius 3 is 2.42 bits per heavy atom. The van der Waals surface area contributed by atoms with Crippen molar-refractivity contribution in [1.82, 2.24) is 10.6 Å². The predicted octanol–water partition coefficient (Wildman–Crippen LogP) is 1.76. The highest BCUT2D eigenvalue weighted by Crippen LogP contribution is 2.14. The molecule has 1 unspecified atom stereocenters. The molecule has 0 bridgehead atoms. The van der Waals surface area contributed by atoms with Crippen LogP contribution in [0.4, 0.5) is 10.5 Å². The Morgan fingerprint density at radius 1 is 1.25 bits per heavy atom. The number of hydrogen-bond acceptors (Lipinski definition) is 6. The molecule has 0 aliphatic heterocycles. The topological polar surface area (TPSA) is 128 Å². The number of amides is 3. The molecule has 3 amide bonds. The first kappa shape index (κ1) is 19.1. The Balaban J connectivity index is 2.66. The number of non-ortho nitro benzene ring substituents is 1. The molecule has 0 spiro atoms. The van der Waals surface area contributed by atoms with Crippen LogP contribution in [0.5, 0.6) is 0 Å². The number of ether oxygens (including phenoxy) is 1. The zero-order valence-corrected chi connectivity index (χ0v) is 13.8. The van der Waals surface area contributed by atoms with Gasteiger partial charge in [-0.15, -0.1) is 0 Å². The lowest BCUT2D eigenvalue weighted by molar-refractivity contribution is -0.384. The van der Waals surface area contributed by atoms with Crippen LogP contribution in [-0.2, 0) is 9.53 Å². The number of nitro groups is 1. The number of nitrogens with one attached hydrogen (secondary N) is 2. The highest BCUT2D eigenvalue weighted by Gasteiger charge is 2.23. The monoisotopic (exact) mass is 337 g/mol. The van der Waals surface area contributed by atoms with Gasteiger partial charge in [0.2, 0.25) is 0 Å². The summed E-state index contributed by atoms with van der Waals surface area (Å²) < 4.78 is 4.91. The maximum atomic E-state index is 11.9. The van der Waals surface area contributed by atoms with Crippen molar-refractivity contribution >= 4 is 23.6 Å². The van der Waals surface area contributed by atoms with Crippen molar-refractivity contribution in [2.24, 2.45) is 0 Å². The quantitative estimate of drug-likeness (QED) is 0.489. The molecule has 0 radical (unpaired) electrons. The van der Waals surface area contributed by atoms with Gasteiger partial charge in [0.15, 0.2) is 6.10 Å². The molecule has 0 aliphatic rings. The standard InChI is InChI=1S/C15H19N3O6/c1-9(12(19)16-14(21)17-15(2,3)4)24-13(20)10-6-5-7-11(8-10)18(22)23/h5-9H,1-4H3,(H2,16,17,19,21). The minimum atomic E-state index is -1.25. The van der Waals surface area contributed by atoms with Gasteiger partial charge in [0.25, 0.3) is 11.6 Å². The van der Waals surface area contributed by atoms with Gasteiger partial charge in [-0.25, -0.2) is 9.59 Å². The Hall–Kier alpha value is -2.97. The third-order valence-electron chi connectivity index (χ3n) is 2.67. The summed E-state index contributed by atoms with van der Waals surface area (Å²) in [6.45, 7) is 6.50. The van der Waals surface area contributed by atoms with E-state index in [1.807, 2.05) is 5.32 Å². The number of rotatable bonds is 4. The van der Waals surface area contributed by atoms with Crippen LogP contribution in [-0.4, -0.2) is 34.5 Å². The van der Waals surface area contributed by atoms with Crippen LogP contribution in [0.1, 0.15) is 38.1 Å². The van der Waals surface area contributed by atoms with Crippen molar-refractivity contribution in [3.05, 3.63) is 39.9 Å². The molecule has 1 atom stereocenters. The van der Waals surface area contributed by atoms with E-state index in [0.29, 0.717) is 0 Å². The van der Waals surface area contributed by atoms with Crippen LogP contribution >= 0.6 is 0 Å². The van der Waals surface area contributed by atoms with Crippen LogP contribution in [0.15, 0.2) is 24.3 Å². The number of benzene rings is 1. The predicted molar refractivity (Wildman–Crippen MR) is 84.4 cm³/mol. The van der Waals surface area contributed by atoms with Crippen molar-refractivity contribution in [2.45, 2.75) is 39.3 Å². The minimum Gasteiger partial charge on any atom is -0.449 e. The van der Waals surface area contributed by atoms with Gasteiger partial charge in [0.05, 0.1) is 10.5 Å². The molecule has 130 valence electrons. The molecule has 0 fully saturated rings. The zero-order chi connectivity index (χ0) is 18.5. The molecular formula is C15H19N3O6. The first-order valence-electron chi connectivity index (χ1n) is 7.08. The molecule has 1 aromatic rings. The molecule has 0 heterocycles. The minimum absolute atomic E-state index is 0.0667. The molecule has 0 saturated carbocycles. The fraction of sp³-hybridized carbons (Fsp3) is 0.400. The van der Waals surface area contributed by atoms with E-state index in [-0.39, 0.29) is 11.3 Å². The molecule has 9 heteroatoms. The average Bonchev–Trinajstić information content (AvgIpc) is 2.44. The number of nitrogens with zero attached hydrogens (tertiary/aromatic N) is 1. The molecule has 0 aliphatic carbocycles. The molecule has 24 heavy (non-hydrogen) atoms. The molecular weight excluding hydrogens is 318 g/mol. The first-order chi connectivity index (χ1) is 11.0. The summed E-state index contributed by atoms with van der Waals surface area (Å²) in [6.07, 6.45) is -1.25. The summed E-state index contributed by atoms with van der Waals surface area (Å²) in [4.78, 5) is 45.4. The number of carbonyl (C=O) groups excluding carboxylic acids is 3. The number of nitro benzene ring substituents is 1. The summed E-state index contributed by atoms with van der Waals surface area (Å²) in [6, 6.07) is 4.21.